The van der Waals surface area contributed by atoms with Crippen LogP contribution in [0.3, 0.4) is 0 Å². The zero-order valence-electron chi connectivity index (χ0n) is 14.2. The topological polar surface area (TPSA) is 54.0 Å². The third kappa shape index (κ3) is 5.92. The third-order valence-electron chi connectivity index (χ3n) is 3.40. The summed E-state index contributed by atoms with van der Waals surface area (Å²) in [6.45, 7) is 6.53. The van der Waals surface area contributed by atoms with Crippen LogP contribution >= 0.6 is 15.9 Å². The normalized spacial score (nSPS) is 20.0. The predicted octanol–water partition coefficient (Wildman–Crippen LogP) is 3.60. The second-order valence-electron chi connectivity index (χ2n) is 5.90. The van der Waals surface area contributed by atoms with E-state index < -0.39 is 11.8 Å². The number of benzene rings is 1. The van der Waals surface area contributed by atoms with Crippen molar-refractivity contribution in [1.82, 2.24) is 0 Å². The first-order valence-corrected chi connectivity index (χ1v) is 9.06. The molecule has 1 unspecified atom stereocenters. The summed E-state index contributed by atoms with van der Waals surface area (Å²) in [7, 11) is 0. The summed E-state index contributed by atoms with van der Waals surface area (Å²) in [4.78, 5) is 11.5. The van der Waals surface area contributed by atoms with Gasteiger partial charge in [0.25, 0.3) is 0 Å². The highest BCUT2D eigenvalue weighted by molar-refractivity contribution is 9.09. The van der Waals surface area contributed by atoms with E-state index in [9.17, 15) is 4.79 Å². The smallest absolute Gasteiger partial charge is 0.334 e. The molecule has 24 heavy (non-hydrogen) atoms. The van der Waals surface area contributed by atoms with Gasteiger partial charge in [0.1, 0.15) is 11.5 Å². The number of alkyl halides is 1. The van der Waals surface area contributed by atoms with Crippen LogP contribution in [0.2, 0.25) is 0 Å². The number of ether oxygens (including phenoxy) is 4. The summed E-state index contributed by atoms with van der Waals surface area (Å²) in [6, 6.07) is 7.72. The molecule has 0 saturated carbocycles. The minimum absolute atomic E-state index is 0.0635. The summed E-state index contributed by atoms with van der Waals surface area (Å²) in [5.74, 6) is 0.244. The minimum atomic E-state index is -0.504. The average Bonchev–Trinajstić information content (AvgIpc) is 2.87. The molecule has 1 heterocycles. The van der Waals surface area contributed by atoms with Crippen molar-refractivity contribution in [1.29, 1.82) is 0 Å². The number of allylic oxidation sites excluding steroid dienone is 1. The Labute approximate surface area is 151 Å². The van der Waals surface area contributed by atoms with Crippen molar-refractivity contribution in [2.75, 3.05) is 18.5 Å². The molecule has 1 aliphatic rings. The molecule has 1 aliphatic heterocycles. The van der Waals surface area contributed by atoms with Gasteiger partial charge in [0.2, 0.25) is 0 Å². The standard InChI is InChI=1S/C18H23BrO5/c1-4-21-17(20)10-15(11-19)23-14-7-5-13(6-8-14)9-16-12-22-18(2,3)24-16/h5-8,10,16H,4,9,11-12H2,1-3H3. The zero-order valence-corrected chi connectivity index (χ0v) is 15.8. The average molecular weight is 399 g/mol. The number of hydrogen-bond donors (Lipinski definition) is 0. The van der Waals surface area contributed by atoms with Gasteiger partial charge in [-0.3, -0.25) is 0 Å². The van der Waals surface area contributed by atoms with Crippen molar-refractivity contribution in [2.24, 2.45) is 0 Å². The van der Waals surface area contributed by atoms with Gasteiger partial charge in [0.15, 0.2) is 5.79 Å². The molecule has 6 heteroatoms. The Morgan fingerprint density at radius 2 is 2.08 bits per heavy atom. The first kappa shape index (κ1) is 19.0. The van der Waals surface area contributed by atoms with Crippen LogP contribution in [0.4, 0.5) is 0 Å². The Morgan fingerprint density at radius 3 is 2.62 bits per heavy atom. The van der Waals surface area contributed by atoms with Crippen LogP contribution in [0.1, 0.15) is 26.3 Å². The van der Waals surface area contributed by atoms with Crippen molar-refractivity contribution < 1.29 is 23.7 Å². The molecule has 132 valence electrons. The highest BCUT2D eigenvalue weighted by Crippen LogP contribution is 2.25. The van der Waals surface area contributed by atoms with Crippen LogP contribution in [-0.2, 0) is 25.4 Å². The fourth-order valence-electron chi connectivity index (χ4n) is 2.38. The summed E-state index contributed by atoms with van der Waals surface area (Å²) in [5, 5.41) is 0.426. The second kappa shape index (κ2) is 8.65. The maximum atomic E-state index is 11.5. The number of rotatable bonds is 7. The highest BCUT2D eigenvalue weighted by Gasteiger charge is 2.32. The first-order chi connectivity index (χ1) is 11.4. The zero-order chi connectivity index (χ0) is 17.6. The van der Waals surface area contributed by atoms with Gasteiger partial charge < -0.3 is 18.9 Å². The van der Waals surface area contributed by atoms with E-state index in [1.54, 1.807) is 6.92 Å². The van der Waals surface area contributed by atoms with Crippen LogP contribution in [0.15, 0.2) is 36.1 Å². The molecule has 0 aromatic heterocycles. The van der Waals surface area contributed by atoms with E-state index in [1.165, 1.54) is 6.08 Å². The molecule has 0 N–H and O–H groups in total. The number of carbonyl (C=O) groups excluding carboxylic acids is 1. The predicted molar refractivity (Wildman–Crippen MR) is 94.2 cm³/mol. The van der Waals surface area contributed by atoms with Crippen molar-refractivity contribution in [2.45, 2.75) is 39.1 Å². The summed E-state index contributed by atoms with van der Waals surface area (Å²) in [5.41, 5.74) is 1.14. The molecule has 0 spiro atoms. The monoisotopic (exact) mass is 398 g/mol. The van der Waals surface area contributed by atoms with E-state index in [4.69, 9.17) is 18.9 Å². The number of halogens is 1. The molecular weight excluding hydrogens is 376 g/mol. The molecule has 1 atom stereocenters. The molecule has 0 amide bonds. The minimum Gasteiger partial charge on any atom is -0.463 e. The Bertz CT molecular complexity index is 580. The molecule has 5 nitrogen and oxygen atoms in total. The van der Waals surface area contributed by atoms with E-state index in [2.05, 4.69) is 15.9 Å². The van der Waals surface area contributed by atoms with E-state index in [1.807, 2.05) is 38.1 Å². The highest BCUT2D eigenvalue weighted by atomic mass is 79.9. The van der Waals surface area contributed by atoms with Gasteiger partial charge in [-0.2, -0.15) is 0 Å². The Balaban J connectivity index is 1.92. The maximum Gasteiger partial charge on any atom is 0.334 e. The lowest BCUT2D eigenvalue weighted by atomic mass is 10.1. The van der Waals surface area contributed by atoms with Crippen LogP contribution in [0.5, 0.6) is 5.75 Å². The van der Waals surface area contributed by atoms with Gasteiger partial charge in [-0.25, -0.2) is 4.79 Å². The fraction of sp³-hybridized carbons (Fsp3) is 0.500. The van der Waals surface area contributed by atoms with Crippen LogP contribution in [0.25, 0.3) is 0 Å². The molecule has 1 aromatic rings. The van der Waals surface area contributed by atoms with Gasteiger partial charge in [0.05, 0.1) is 30.7 Å². The van der Waals surface area contributed by atoms with Crippen molar-refractivity contribution in [3.63, 3.8) is 0 Å². The van der Waals surface area contributed by atoms with Gasteiger partial charge in [-0.05, 0) is 38.5 Å². The van der Waals surface area contributed by atoms with Gasteiger partial charge in [0, 0.05) is 6.42 Å². The van der Waals surface area contributed by atoms with E-state index in [0.717, 1.165) is 12.0 Å². The Kier molecular flexibility index (Phi) is 6.83. The molecular formula is C18H23BrO5. The lowest BCUT2D eigenvalue weighted by molar-refractivity contribution is -0.138. The summed E-state index contributed by atoms with van der Waals surface area (Å²) < 4.78 is 22.0. The van der Waals surface area contributed by atoms with Crippen molar-refractivity contribution in [3.05, 3.63) is 41.7 Å². The quantitative estimate of drug-likeness (QED) is 0.304. The van der Waals surface area contributed by atoms with E-state index in [-0.39, 0.29) is 6.10 Å². The molecule has 0 bridgehead atoms. The van der Waals surface area contributed by atoms with Gasteiger partial charge in [-0.1, -0.05) is 28.1 Å². The van der Waals surface area contributed by atoms with Crippen molar-refractivity contribution >= 4 is 21.9 Å². The van der Waals surface area contributed by atoms with Gasteiger partial charge >= 0.3 is 5.97 Å². The van der Waals surface area contributed by atoms with Crippen LogP contribution in [-0.4, -0.2) is 36.4 Å². The number of hydrogen-bond acceptors (Lipinski definition) is 5. The first-order valence-electron chi connectivity index (χ1n) is 7.93. The SMILES string of the molecule is CCOC(=O)C=C(CBr)Oc1ccc(CC2COC(C)(C)O2)cc1. The largest absolute Gasteiger partial charge is 0.463 e. The second-order valence-corrected chi connectivity index (χ2v) is 6.46. The Hall–Kier alpha value is -1.37. The van der Waals surface area contributed by atoms with Crippen molar-refractivity contribution in [3.8, 4) is 5.75 Å². The van der Waals surface area contributed by atoms with E-state index >= 15 is 0 Å². The molecule has 0 aliphatic carbocycles. The molecule has 2 rings (SSSR count). The third-order valence-corrected chi connectivity index (χ3v) is 3.95. The Morgan fingerprint density at radius 1 is 1.38 bits per heavy atom. The van der Waals surface area contributed by atoms with E-state index in [0.29, 0.717) is 30.1 Å². The lowest BCUT2D eigenvalue weighted by Crippen LogP contribution is -2.22. The maximum absolute atomic E-state index is 11.5. The molecule has 1 fully saturated rings. The van der Waals surface area contributed by atoms with Crippen LogP contribution in [0, 0.1) is 0 Å². The van der Waals surface area contributed by atoms with Gasteiger partial charge in [-0.15, -0.1) is 0 Å². The molecule has 1 aromatic carbocycles. The van der Waals surface area contributed by atoms with Crippen LogP contribution < -0.4 is 4.74 Å². The number of carbonyl (C=O) groups is 1. The molecule has 1 saturated heterocycles. The summed E-state index contributed by atoms with van der Waals surface area (Å²) >= 11 is 3.30. The molecule has 0 radical (unpaired) electrons. The lowest BCUT2D eigenvalue weighted by Gasteiger charge is -2.17. The summed E-state index contributed by atoms with van der Waals surface area (Å²) in [6.07, 6.45) is 2.19. The fourth-order valence-corrected chi connectivity index (χ4v) is 2.66. The number of esters is 1.